The highest BCUT2D eigenvalue weighted by Gasteiger charge is 2.54. The quantitative estimate of drug-likeness (QED) is 0.546. The highest BCUT2D eigenvalue weighted by atomic mass is 16.1. The summed E-state index contributed by atoms with van der Waals surface area (Å²) in [6, 6.07) is 1.78. The minimum absolute atomic E-state index is 0.210. The number of fused-ring (bicyclic) bond motifs is 2. The smallest absolute Gasteiger partial charge is 0.225 e. The molecule has 2 saturated carbocycles. The first-order chi connectivity index (χ1) is 17.3. The maximum atomic E-state index is 12.2. The van der Waals surface area contributed by atoms with E-state index >= 15 is 0 Å². The van der Waals surface area contributed by atoms with Crippen LogP contribution < -0.4 is 4.90 Å². The van der Waals surface area contributed by atoms with Crippen molar-refractivity contribution in [3.8, 4) is 0 Å². The summed E-state index contributed by atoms with van der Waals surface area (Å²) in [4.78, 5) is 29.9. The van der Waals surface area contributed by atoms with Crippen molar-refractivity contribution in [2.45, 2.75) is 103 Å². The standard InChI is InChI=1S/C30H47N5O/c1-20(2)28(36)24-13-30(14-24)11-22(12-30)17-33-9-7-23(8-10-33)25-15-31-29(32-16-25)35-26-5-6-27(35)19-34(18-26)21(3)4/h15-16,20-24,26-27H,5-14,17-19H2,1-4H3. The number of nitrogens with zero attached hydrogens (tertiary/aromatic N) is 5. The maximum absolute atomic E-state index is 12.2. The molecule has 6 nitrogen and oxygen atoms in total. The van der Waals surface area contributed by atoms with Gasteiger partial charge in [0.05, 0.1) is 0 Å². The Morgan fingerprint density at radius 1 is 0.944 bits per heavy atom. The Morgan fingerprint density at radius 2 is 1.56 bits per heavy atom. The lowest BCUT2D eigenvalue weighted by Gasteiger charge is -2.58. The van der Waals surface area contributed by atoms with Crippen molar-refractivity contribution < 1.29 is 4.79 Å². The van der Waals surface area contributed by atoms with Gasteiger partial charge in [0.2, 0.25) is 5.95 Å². The van der Waals surface area contributed by atoms with Gasteiger partial charge in [0, 0.05) is 62.0 Å². The zero-order chi connectivity index (χ0) is 25.0. The summed E-state index contributed by atoms with van der Waals surface area (Å²) in [5.41, 5.74) is 1.88. The summed E-state index contributed by atoms with van der Waals surface area (Å²) in [7, 11) is 0. The number of anilines is 1. The summed E-state index contributed by atoms with van der Waals surface area (Å²) < 4.78 is 0. The number of hydrogen-bond acceptors (Lipinski definition) is 6. The van der Waals surface area contributed by atoms with Gasteiger partial charge >= 0.3 is 0 Å². The monoisotopic (exact) mass is 493 g/mol. The molecule has 0 N–H and O–H groups in total. The third-order valence-corrected chi connectivity index (χ3v) is 10.5. The molecule has 1 spiro atoms. The zero-order valence-corrected chi connectivity index (χ0v) is 23.0. The van der Waals surface area contributed by atoms with E-state index in [1.807, 2.05) is 0 Å². The van der Waals surface area contributed by atoms with Crippen LogP contribution in [-0.4, -0.2) is 76.4 Å². The third-order valence-electron chi connectivity index (χ3n) is 10.5. The average molecular weight is 494 g/mol. The lowest BCUT2D eigenvalue weighted by atomic mass is 9.47. The van der Waals surface area contributed by atoms with Crippen LogP contribution >= 0.6 is 0 Å². The second-order valence-corrected chi connectivity index (χ2v) is 13.7. The van der Waals surface area contributed by atoms with Crippen LogP contribution in [0, 0.1) is 23.2 Å². The first kappa shape index (κ1) is 24.8. The minimum atomic E-state index is 0.210. The number of aromatic nitrogens is 2. The number of piperidine rings is 1. The van der Waals surface area contributed by atoms with Gasteiger partial charge in [0.1, 0.15) is 5.78 Å². The fourth-order valence-electron chi connectivity index (χ4n) is 8.46. The molecule has 1 aromatic rings. The van der Waals surface area contributed by atoms with E-state index in [-0.39, 0.29) is 5.92 Å². The first-order valence-electron chi connectivity index (χ1n) is 14.9. The number of ketones is 1. The summed E-state index contributed by atoms with van der Waals surface area (Å²) in [6.07, 6.45) is 14.3. The van der Waals surface area contributed by atoms with Gasteiger partial charge in [-0.05, 0) is 101 Å². The molecule has 4 heterocycles. The molecule has 0 radical (unpaired) electrons. The molecule has 0 aromatic carbocycles. The second-order valence-electron chi connectivity index (χ2n) is 13.7. The van der Waals surface area contributed by atoms with Crippen LogP contribution in [0.5, 0.6) is 0 Å². The van der Waals surface area contributed by atoms with Gasteiger partial charge in [0.15, 0.2) is 0 Å². The molecule has 0 amide bonds. The van der Waals surface area contributed by atoms with Gasteiger partial charge in [-0.25, -0.2) is 9.97 Å². The van der Waals surface area contributed by atoms with E-state index in [2.05, 4.69) is 54.8 Å². The molecule has 3 saturated heterocycles. The van der Waals surface area contributed by atoms with Crippen LogP contribution in [0.2, 0.25) is 0 Å². The Kier molecular flexibility index (Phi) is 6.64. The molecular weight excluding hydrogens is 446 g/mol. The van der Waals surface area contributed by atoms with E-state index in [1.165, 1.54) is 76.6 Å². The topological polar surface area (TPSA) is 52.6 Å². The highest BCUT2D eigenvalue weighted by Crippen LogP contribution is 2.61. The molecule has 198 valence electrons. The molecular formula is C30H47N5O. The van der Waals surface area contributed by atoms with Crippen molar-refractivity contribution in [2.24, 2.45) is 23.2 Å². The Balaban J connectivity index is 0.952. The molecule has 2 atom stereocenters. The Labute approximate surface area is 218 Å². The highest BCUT2D eigenvalue weighted by molar-refractivity contribution is 5.83. The van der Waals surface area contributed by atoms with Crippen LogP contribution in [0.4, 0.5) is 5.95 Å². The fourth-order valence-corrected chi connectivity index (χ4v) is 8.46. The largest absolute Gasteiger partial charge is 0.332 e. The van der Waals surface area contributed by atoms with E-state index in [0.29, 0.717) is 41.2 Å². The van der Waals surface area contributed by atoms with Crippen molar-refractivity contribution in [3.63, 3.8) is 0 Å². The SMILES string of the molecule is CC(C)C(=O)C1CC2(CC(CN3CCC(c4cnc(N5C6CCC5CN(C(C)C)C6)nc4)CC3)C2)C1. The summed E-state index contributed by atoms with van der Waals surface area (Å²) in [5, 5.41) is 0. The number of likely N-dealkylation sites (tertiary alicyclic amines) is 2. The Hall–Kier alpha value is -1.53. The predicted molar refractivity (Wildman–Crippen MR) is 144 cm³/mol. The number of piperazine rings is 1. The molecule has 5 aliphatic rings. The number of rotatable bonds is 7. The van der Waals surface area contributed by atoms with Crippen molar-refractivity contribution in [1.82, 2.24) is 19.8 Å². The summed E-state index contributed by atoms with van der Waals surface area (Å²) in [5.74, 6) is 3.50. The van der Waals surface area contributed by atoms with Crippen LogP contribution in [0.3, 0.4) is 0 Å². The molecule has 6 heteroatoms. The number of carbonyl (C=O) groups excluding carboxylic acids is 1. The first-order valence-corrected chi connectivity index (χ1v) is 14.9. The predicted octanol–water partition coefficient (Wildman–Crippen LogP) is 4.75. The molecule has 2 bridgehead atoms. The molecule has 36 heavy (non-hydrogen) atoms. The van der Waals surface area contributed by atoms with Crippen LogP contribution in [0.1, 0.15) is 90.5 Å². The van der Waals surface area contributed by atoms with E-state index in [0.717, 1.165) is 25.0 Å². The lowest BCUT2D eigenvalue weighted by molar-refractivity contribution is -0.142. The Morgan fingerprint density at radius 3 is 2.11 bits per heavy atom. The number of Topliss-reactive ketones (excluding diaryl/α,β-unsaturated/α-hetero) is 1. The molecule has 2 aliphatic carbocycles. The van der Waals surface area contributed by atoms with E-state index < -0.39 is 0 Å². The number of carbonyl (C=O) groups is 1. The van der Waals surface area contributed by atoms with Crippen LogP contribution in [0.25, 0.3) is 0 Å². The van der Waals surface area contributed by atoms with Crippen LogP contribution in [-0.2, 0) is 4.79 Å². The van der Waals surface area contributed by atoms with Crippen LogP contribution in [0.15, 0.2) is 12.4 Å². The van der Waals surface area contributed by atoms with Gasteiger partial charge in [-0.3, -0.25) is 9.69 Å². The van der Waals surface area contributed by atoms with Crippen molar-refractivity contribution in [3.05, 3.63) is 18.0 Å². The number of hydrogen-bond donors (Lipinski definition) is 0. The summed E-state index contributed by atoms with van der Waals surface area (Å²) in [6.45, 7) is 14.7. The van der Waals surface area contributed by atoms with E-state index in [1.54, 1.807) is 0 Å². The van der Waals surface area contributed by atoms with E-state index in [9.17, 15) is 4.79 Å². The van der Waals surface area contributed by atoms with Gasteiger partial charge in [0.25, 0.3) is 0 Å². The molecule has 5 fully saturated rings. The summed E-state index contributed by atoms with van der Waals surface area (Å²) >= 11 is 0. The van der Waals surface area contributed by atoms with Crippen molar-refractivity contribution in [2.75, 3.05) is 37.6 Å². The normalized spacial score (nSPS) is 35.4. The maximum Gasteiger partial charge on any atom is 0.225 e. The fraction of sp³-hybridized carbons (Fsp3) is 0.833. The zero-order valence-electron chi connectivity index (χ0n) is 23.0. The molecule has 6 rings (SSSR count). The molecule has 3 aliphatic heterocycles. The van der Waals surface area contributed by atoms with Gasteiger partial charge in [-0.1, -0.05) is 13.8 Å². The van der Waals surface area contributed by atoms with Gasteiger partial charge in [-0.15, -0.1) is 0 Å². The lowest BCUT2D eigenvalue weighted by Crippen LogP contribution is -2.56. The van der Waals surface area contributed by atoms with E-state index in [4.69, 9.17) is 9.97 Å². The second kappa shape index (κ2) is 9.65. The molecule has 1 aromatic heterocycles. The van der Waals surface area contributed by atoms with Crippen molar-refractivity contribution in [1.29, 1.82) is 0 Å². The third kappa shape index (κ3) is 4.62. The van der Waals surface area contributed by atoms with Gasteiger partial charge < -0.3 is 9.80 Å². The van der Waals surface area contributed by atoms with Gasteiger partial charge in [-0.2, -0.15) is 0 Å². The minimum Gasteiger partial charge on any atom is -0.332 e. The molecule has 2 unspecified atom stereocenters. The van der Waals surface area contributed by atoms with Crippen molar-refractivity contribution >= 4 is 11.7 Å². The Bertz CT molecular complexity index is 909. The average Bonchev–Trinajstić information content (AvgIpc) is 3.08.